The van der Waals surface area contributed by atoms with Crippen molar-refractivity contribution in [2.24, 2.45) is 0 Å². The number of carbonyl (C=O) groups is 2. The van der Waals surface area contributed by atoms with Crippen LogP contribution in [0, 0.1) is 5.82 Å². The zero-order valence-corrected chi connectivity index (χ0v) is 17.5. The van der Waals surface area contributed by atoms with Crippen LogP contribution >= 0.6 is 0 Å². The molecule has 1 saturated heterocycles. The molecule has 0 spiro atoms. The van der Waals surface area contributed by atoms with E-state index in [-0.39, 0.29) is 23.4 Å². The number of nitrogens with zero attached hydrogens (tertiary/aromatic N) is 2. The van der Waals surface area contributed by atoms with Gasteiger partial charge >= 0.3 is 0 Å². The summed E-state index contributed by atoms with van der Waals surface area (Å²) in [6, 6.07) is 21.2. The Hall–Kier alpha value is -4.32. The summed E-state index contributed by atoms with van der Waals surface area (Å²) in [5.41, 5.74) is 1.14. The number of likely N-dealkylation sites (tertiary alicyclic amines) is 1. The van der Waals surface area contributed by atoms with Crippen molar-refractivity contribution in [2.45, 2.75) is 12.6 Å². The van der Waals surface area contributed by atoms with Crippen molar-refractivity contribution >= 4 is 28.2 Å². The van der Waals surface area contributed by atoms with E-state index in [0.717, 1.165) is 16.3 Å². The van der Waals surface area contributed by atoms with Gasteiger partial charge in [-0.2, -0.15) is 0 Å². The van der Waals surface area contributed by atoms with Gasteiger partial charge in [0.2, 0.25) is 0 Å². The number of carbonyl (C=O) groups excluding carboxylic acids is 2. The smallest absolute Gasteiger partial charge is 0.295 e. The number of aromatic nitrogens is 1. The van der Waals surface area contributed by atoms with E-state index < -0.39 is 23.5 Å². The van der Waals surface area contributed by atoms with Crippen LogP contribution in [0.15, 0.2) is 96.8 Å². The lowest BCUT2D eigenvalue weighted by Gasteiger charge is -2.25. The van der Waals surface area contributed by atoms with E-state index in [4.69, 9.17) is 0 Å². The molecule has 2 heterocycles. The first-order valence-electron chi connectivity index (χ1n) is 10.5. The molecule has 162 valence electrons. The summed E-state index contributed by atoms with van der Waals surface area (Å²) in [6.45, 7) is 0.0700. The summed E-state index contributed by atoms with van der Waals surface area (Å²) < 4.78 is 14.9. The van der Waals surface area contributed by atoms with Gasteiger partial charge in [0.15, 0.2) is 0 Å². The molecule has 0 bridgehead atoms. The largest absolute Gasteiger partial charge is 0.507 e. The quantitative estimate of drug-likeness (QED) is 0.277. The third-order valence-electron chi connectivity index (χ3n) is 5.86. The number of amides is 1. The van der Waals surface area contributed by atoms with Gasteiger partial charge in [0.25, 0.3) is 11.7 Å². The highest BCUT2D eigenvalue weighted by Gasteiger charge is 2.46. The van der Waals surface area contributed by atoms with Gasteiger partial charge in [-0.3, -0.25) is 14.6 Å². The molecule has 6 heteroatoms. The molecule has 1 aliphatic heterocycles. The predicted molar refractivity (Wildman–Crippen MR) is 122 cm³/mol. The third kappa shape index (κ3) is 3.65. The van der Waals surface area contributed by atoms with E-state index in [9.17, 15) is 19.1 Å². The van der Waals surface area contributed by atoms with E-state index in [1.54, 1.807) is 42.7 Å². The van der Waals surface area contributed by atoms with Gasteiger partial charge in [-0.1, -0.05) is 54.6 Å². The molecule has 1 unspecified atom stereocenters. The summed E-state index contributed by atoms with van der Waals surface area (Å²) in [4.78, 5) is 31.5. The van der Waals surface area contributed by atoms with E-state index in [2.05, 4.69) is 4.98 Å². The summed E-state index contributed by atoms with van der Waals surface area (Å²) in [5.74, 6) is -2.52. The van der Waals surface area contributed by atoms with E-state index in [1.807, 2.05) is 30.3 Å². The molecular weight excluding hydrogens is 419 g/mol. The molecule has 1 amide bonds. The minimum atomic E-state index is -1.06. The van der Waals surface area contributed by atoms with Gasteiger partial charge in [0.1, 0.15) is 11.6 Å². The molecule has 4 aromatic rings. The van der Waals surface area contributed by atoms with Gasteiger partial charge in [-0.25, -0.2) is 4.39 Å². The molecule has 0 radical (unpaired) electrons. The Morgan fingerprint density at radius 2 is 1.61 bits per heavy atom. The molecule has 1 aromatic heterocycles. The first kappa shape index (κ1) is 20.6. The Morgan fingerprint density at radius 1 is 0.909 bits per heavy atom. The number of pyridine rings is 1. The molecule has 1 aliphatic rings. The minimum Gasteiger partial charge on any atom is -0.507 e. The molecule has 33 heavy (non-hydrogen) atoms. The fraction of sp³-hybridized carbons (Fsp3) is 0.0741. The van der Waals surface area contributed by atoms with E-state index in [1.165, 1.54) is 23.1 Å². The highest BCUT2D eigenvalue weighted by molar-refractivity contribution is 6.46. The van der Waals surface area contributed by atoms with Crippen LogP contribution in [0.1, 0.15) is 22.7 Å². The third-order valence-corrected chi connectivity index (χ3v) is 5.86. The van der Waals surface area contributed by atoms with Crippen LogP contribution in [0.3, 0.4) is 0 Å². The number of benzene rings is 3. The van der Waals surface area contributed by atoms with Crippen LogP contribution in [0.4, 0.5) is 4.39 Å². The monoisotopic (exact) mass is 438 g/mol. The number of rotatable bonds is 4. The average molecular weight is 438 g/mol. The van der Waals surface area contributed by atoms with Crippen LogP contribution in [-0.4, -0.2) is 26.7 Å². The maximum Gasteiger partial charge on any atom is 0.295 e. The van der Waals surface area contributed by atoms with E-state index >= 15 is 0 Å². The fourth-order valence-electron chi connectivity index (χ4n) is 4.24. The summed E-state index contributed by atoms with van der Waals surface area (Å²) in [5, 5.41) is 13.1. The minimum absolute atomic E-state index is 0.0700. The van der Waals surface area contributed by atoms with Crippen LogP contribution in [0.25, 0.3) is 16.5 Å². The Balaban J connectivity index is 1.68. The second-order valence-corrected chi connectivity index (χ2v) is 7.87. The summed E-state index contributed by atoms with van der Waals surface area (Å²) >= 11 is 0. The number of aliphatic hydroxyl groups excluding tert-OH is 1. The zero-order valence-electron chi connectivity index (χ0n) is 17.5. The van der Waals surface area contributed by atoms with Gasteiger partial charge in [0, 0.05) is 30.1 Å². The molecule has 0 saturated carbocycles. The maximum absolute atomic E-state index is 14.9. The topological polar surface area (TPSA) is 70.5 Å². The van der Waals surface area contributed by atoms with Crippen molar-refractivity contribution in [2.75, 3.05) is 0 Å². The highest BCUT2D eigenvalue weighted by atomic mass is 19.1. The first-order chi connectivity index (χ1) is 16.0. The lowest BCUT2D eigenvalue weighted by atomic mass is 9.94. The van der Waals surface area contributed by atoms with Crippen LogP contribution in [-0.2, 0) is 16.1 Å². The number of hydrogen-bond donors (Lipinski definition) is 1. The van der Waals surface area contributed by atoms with Crippen molar-refractivity contribution in [3.8, 4) is 0 Å². The van der Waals surface area contributed by atoms with Crippen molar-refractivity contribution in [3.63, 3.8) is 0 Å². The molecule has 0 aliphatic carbocycles. The SMILES string of the molecule is O=C1C(=O)N(Cc2ccncc2)C(c2ccccc2F)/C1=C(\O)c1ccc2ccccc2c1. The van der Waals surface area contributed by atoms with Gasteiger partial charge in [0.05, 0.1) is 11.6 Å². The number of hydrogen-bond acceptors (Lipinski definition) is 4. The maximum atomic E-state index is 14.9. The predicted octanol–water partition coefficient (Wildman–Crippen LogP) is 5.00. The Bertz CT molecular complexity index is 1420. The highest BCUT2D eigenvalue weighted by Crippen LogP contribution is 2.41. The Morgan fingerprint density at radius 3 is 2.36 bits per heavy atom. The number of Topliss-reactive ketones (excluding diaryl/α,β-unsaturated/α-hetero) is 1. The molecule has 3 aromatic carbocycles. The lowest BCUT2D eigenvalue weighted by molar-refractivity contribution is -0.140. The Labute approximate surface area is 189 Å². The second kappa shape index (κ2) is 8.31. The molecular formula is C27H19FN2O3. The van der Waals surface area contributed by atoms with Gasteiger partial charge in [-0.05, 0) is 40.6 Å². The standard InChI is InChI=1S/C27H19FN2O3/c28-22-8-4-3-7-21(22)24-23(25(31)20-10-9-18-5-1-2-6-19(18)15-20)26(32)27(33)30(24)16-17-11-13-29-14-12-17/h1-15,24,31H,16H2/b25-23+. The normalized spacial score (nSPS) is 17.6. The number of halogens is 1. The van der Waals surface area contributed by atoms with Crippen molar-refractivity contribution in [1.82, 2.24) is 9.88 Å². The van der Waals surface area contributed by atoms with Gasteiger partial charge in [-0.15, -0.1) is 0 Å². The van der Waals surface area contributed by atoms with Crippen molar-refractivity contribution in [3.05, 3.63) is 119 Å². The van der Waals surface area contributed by atoms with E-state index in [0.29, 0.717) is 5.56 Å². The van der Waals surface area contributed by atoms with Crippen LogP contribution in [0.2, 0.25) is 0 Å². The Kier molecular flexibility index (Phi) is 5.18. The lowest BCUT2D eigenvalue weighted by Crippen LogP contribution is -2.29. The average Bonchev–Trinajstić information content (AvgIpc) is 3.09. The first-order valence-corrected chi connectivity index (χ1v) is 10.5. The van der Waals surface area contributed by atoms with Crippen LogP contribution in [0.5, 0.6) is 0 Å². The second-order valence-electron chi connectivity index (χ2n) is 7.87. The molecule has 1 atom stereocenters. The molecule has 1 N–H and O–H groups in total. The molecule has 5 nitrogen and oxygen atoms in total. The van der Waals surface area contributed by atoms with Crippen molar-refractivity contribution < 1.29 is 19.1 Å². The van der Waals surface area contributed by atoms with Crippen LogP contribution < -0.4 is 0 Å². The number of ketones is 1. The fourth-order valence-corrected chi connectivity index (χ4v) is 4.24. The summed E-state index contributed by atoms with van der Waals surface area (Å²) in [6.07, 6.45) is 3.16. The molecule has 1 fully saturated rings. The summed E-state index contributed by atoms with van der Waals surface area (Å²) in [7, 11) is 0. The van der Waals surface area contributed by atoms with Gasteiger partial charge < -0.3 is 10.0 Å². The van der Waals surface area contributed by atoms with Crippen molar-refractivity contribution in [1.29, 1.82) is 0 Å². The zero-order chi connectivity index (χ0) is 22.9. The molecule has 5 rings (SSSR count). The number of fused-ring (bicyclic) bond motifs is 1. The number of aliphatic hydroxyl groups is 1.